The number of hydrogen-bond acceptors (Lipinski definition) is 6. The van der Waals surface area contributed by atoms with Crippen molar-refractivity contribution in [1.29, 1.82) is 0 Å². The molecule has 0 bridgehead atoms. The lowest BCUT2D eigenvalue weighted by Crippen LogP contribution is -2.48. The second kappa shape index (κ2) is 9.19. The number of likely N-dealkylation sites (tertiary alicyclic amines) is 1. The van der Waals surface area contributed by atoms with E-state index >= 15 is 0 Å². The van der Waals surface area contributed by atoms with Gasteiger partial charge in [-0.25, -0.2) is 4.68 Å². The standard InChI is InChI=1S/C25H31BrClN5O2/c1-31-9-4-8-25(15-31)12-16(13-25)24-29-21(34-30-24)7-6-17-19(27)11-20-18(23(17)26)14-28-32(20)22-5-2-3-10-33-22/h11,14,16,22H,2-10,12-13,15H2,1H3. The van der Waals surface area contributed by atoms with Crippen LogP contribution in [0.3, 0.4) is 0 Å². The molecule has 2 aromatic heterocycles. The Bertz CT molecular complexity index is 1180. The molecule has 182 valence electrons. The Labute approximate surface area is 213 Å². The normalized spacial score (nSPS) is 28.0. The van der Waals surface area contributed by atoms with E-state index in [9.17, 15) is 0 Å². The van der Waals surface area contributed by atoms with Gasteiger partial charge in [-0.3, -0.25) is 0 Å². The molecular formula is C25H31BrClN5O2. The Kier molecular flexibility index (Phi) is 6.20. The average Bonchev–Trinajstić information content (AvgIpc) is 3.45. The Balaban J connectivity index is 1.13. The number of hydrogen-bond donors (Lipinski definition) is 0. The van der Waals surface area contributed by atoms with Crippen molar-refractivity contribution in [3.63, 3.8) is 0 Å². The van der Waals surface area contributed by atoms with E-state index in [0.29, 0.717) is 23.6 Å². The van der Waals surface area contributed by atoms with Crippen LogP contribution < -0.4 is 0 Å². The SMILES string of the molecule is CN1CCCC2(CC(c3noc(CCc4c(Cl)cc5c(cnn5C5CCCCO5)c4Br)n3)C2)C1. The summed E-state index contributed by atoms with van der Waals surface area (Å²) < 4.78 is 14.5. The number of halogens is 2. The van der Waals surface area contributed by atoms with Crippen LogP contribution in [0.15, 0.2) is 21.3 Å². The van der Waals surface area contributed by atoms with Gasteiger partial charge in [0.25, 0.3) is 0 Å². The second-order valence-electron chi connectivity index (χ2n) is 10.5. The van der Waals surface area contributed by atoms with E-state index in [-0.39, 0.29) is 6.23 Å². The number of fused-ring (bicyclic) bond motifs is 1. The fourth-order valence-corrected chi connectivity index (χ4v) is 7.38. The maximum Gasteiger partial charge on any atom is 0.226 e. The van der Waals surface area contributed by atoms with Crippen molar-refractivity contribution in [3.05, 3.63) is 39.0 Å². The lowest BCUT2D eigenvalue weighted by atomic mass is 9.58. The molecule has 3 fully saturated rings. The highest BCUT2D eigenvalue weighted by Crippen LogP contribution is 2.54. The predicted octanol–water partition coefficient (Wildman–Crippen LogP) is 5.91. The lowest BCUT2D eigenvalue weighted by molar-refractivity contribution is -0.0366. The Morgan fingerprint density at radius 1 is 1.24 bits per heavy atom. The Morgan fingerprint density at radius 2 is 2.12 bits per heavy atom. The van der Waals surface area contributed by atoms with E-state index in [2.05, 4.69) is 38.1 Å². The minimum absolute atomic E-state index is 0.0171. The third-order valence-corrected chi connectivity index (χ3v) is 9.21. The fraction of sp³-hybridized carbons (Fsp3) is 0.640. The molecule has 6 rings (SSSR count). The zero-order valence-electron chi connectivity index (χ0n) is 19.6. The summed E-state index contributed by atoms with van der Waals surface area (Å²) in [6, 6.07) is 2.01. The maximum absolute atomic E-state index is 6.74. The first kappa shape index (κ1) is 23.0. The molecule has 3 aliphatic rings. The highest BCUT2D eigenvalue weighted by molar-refractivity contribution is 9.10. The number of piperidine rings is 1. The maximum atomic E-state index is 6.74. The zero-order chi connectivity index (χ0) is 23.3. The van der Waals surface area contributed by atoms with Crippen molar-refractivity contribution in [2.24, 2.45) is 5.41 Å². The van der Waals surface area contributed by atoms with Gasteiger partial charge in [-0.1, -0.05) is 16.8 Å². The summed E-state index contributed by atoms with van der Waals surface area (Å²) >= 11 is 10.5. The quantitative estimate of drug-likeness (QED) is 0.395. The first-order chi connectivity index (χ1) is 16.5. The molecule has 1 saturated carbocycles. The smallest absolute Gasteiger partial charge is 0.226 e. The molecule has 0 N–H and O–H groups in total. The summed E-state index contributed by atoms with van der Waals surface area (Å²) in [4.78, 5) is 7.21. The van der Waals surface area contributed by atoms with Gasteiger partial charge in [0.05, 0.1) is 11.7 Å². The van der Waals surface area contributed by atoms with Gasteiger partial charge in [-0.05, 0) is 97.9 Å². The van der Waals surface area contributed by atoms with Crippen molar-refractivity contribution < 1.29 is 9.26 Å². The molecule has 0 amide bonds. The van der Waals surface area contributed by atoms with Gasteiger partial charge in [-0.15, -0.1) is 0 Å². The molecule has 7 nitrogen and oxygen atoms in total. The van der Waals surface area contributed by atoms with Gasteiger partial charge in [0.15, 0.2) is 12.1 Å². The molecule has 1 aromatic carbocycles. The lowest BCUT2D eigenvalue weighted by Gasteiger charge is -2.51. The van der Waals surface area contributed by atoms with Crippen LogP contribution in [-0.4, -0.2) is 51.6 Å². The van der Waals surface area contributed by atoms with E-state index in [1.807, 2.05) is 16.9 Å². The summed E-state index contributed by atoms with van der Waals surface area (Å²) in [6.45, 7) is 3.20. The third-order valence-electron chi connectivity index (χ3n) is 7.96. The number of ether oxygens (including phenoxy) is 1. The van der Waals surface area contributed by atoms with Crippen LogP contribution in [0.4, 0.5) is 0 Å². The highest BCUT2D eigenvalue weighted by Gasteiger charge is 2.48. The number of aromatic nitrogens is 4. The van der Waals surface area contributed by atoms with Crippen LogP contribution >= 0.6 is 27.5 Å². The molecule has 1 unspecified atom stereocenters. The van der Waals surface area contributed by atoms with Crippen molar-refractivity contribution in [2.75, 3.05) is 26.7 Å². The van der Waals surface area contributed by atoms with E-state index in [1.54, 1.807) is 0 Å². The molecule has 9 heteroatoms. The van der Waals surface area contributed by atoms with Crippen LogP contribution in [0.1, 0.15) is 74.4 Å². The van der Waals surface area contributed by atoms with Crippen molar-refractivity contribution in [3.8, 4) is 0 Å². The van der Waals surface area contributed by atoms with E-state index < -0.39 is 0 Å². The summed E-state index contributed by atoms with van der Waals surface area (Å²) in [6.07, 6.45) is 11.5. The number of rotatable bonds is 5. The second-order valence-corrected chi connectivity index (χ2v) is 11.7. The minimum Gasteiger partial charge on any atom is -0.356 e. The average molecular weight is 549 g/mol. The molecule has 1 aliphatic carbocycles. The number of aryl methyl sites for hydroxylation is 1. The molecule has 4 heterocycles. The zero-order valence-corrected chi connectivity index (χ0v) is 21.9. The Morgan fingerprint density at radius 3 is 2.91 bits per heavy atom. The Hall–Kier alpha value is -1.48. The third kappa shape index (κ3) is 4.21. The minimum atomic E-state index is -0.0171. The molecule has 1 atom stereocenters. The summed E-state index contributed by atoms with van der Waals surface area (Å²) in [5.41, 5.74) is 2.52. The van der Waals surface area contributed by atoms with Gasteiger partial charge in [-0.2, -0.15) is 10.1 Å². The van der Waals surface area contributed by atoms with Crippen LogP contribution in [0, 0.1) is 5.41 Å². The van der Waals surface area contributed by atoms with E-state index in [0.717, 1.165) is 64.1 Å². The molecule has 0 radical (unpaired) electrons. The summed E-state index contributed by atoms with van der Waals surface area (Å²) in [7, 11) is 2.23. The number of nitrogens with zero attached hydrogens (tertiary/aromatic N) is 5. The first-order valence-corrected chi connectivity index (χ1v) is 13.7. The van der Waals surface area contributed by atoms with Crippen molar-refractivity contribution in [1.82, 2.24) is 24.8 Å². The first-order valence-electron chi connectivity index (χ1n) is 12.5. The molecule has 1 spiro atoms. The summed E-state index contributed by atoms with van der Waals surface area (Å²) in [5.74, 6) is 2.00. The fourth-order valence-electron chi connectivity index (χ4n) is 6.26. The topological polar surface area (TPSA) is 69.2 Å². The van der Waals surface area contributed by atoms with Crippen molar-refractivity contribution in [2.45, 2.75) is 69.9 Å². The van der Waals surface area contributed by atoms with Gasteiger partial charge in [0, 0.05) is 40.4 Å². The predicted molar refractivity (Wildman–Crippen MR) is 134 cm³/mol. The van der Waals surface area contributed by atoms with E-state index in [1.165, 1.54) is 38.8 Å². The molecule has 2 aliphatic heterocycles. The van der Waals surface area contributed by atoms with Gasteiger partial charge < -0.3 is 14.2 Å². The number of benzene rings is 1. The van der Waals surface area contributed by atoms with E-state index in [4.69, 9.17) is 25.8 Å². The van der Waals surface area contributed by atoms with Crippen LogP contribution in [0.25, 0.3) is 10.9 Å². The largest absolute Gasteiger partial charge is 0.356 e. The van der Waals surface area contributed by atoms with Crippen LogP contribution in [0.5, 0.6) is 0 Å². The highest BCUT2D eigenvalue weighted by atomic mass is 79.9. The molecule has 3 aromatic rings. The summed E-state index contributed by atoms with van der Waals surface area (Å²) in [5, 5.41) is 10.7. The van der Waals surface area contributed by atoms with Crippen LogP contribution in [0.2, 0.25) is 5.02 Å². The van der Waals surface area contributed by atoms with Crippen molar-refractivity contribution >= 4 is 38.4 Å². The monoisotopic (exact) mass is 547 g/mol. The molecule has 2 saturated heterocycles. The van der Waals surface area contributed by atoms with Gasteiger partial charge in [0.1, 0.15) is 0 Å². The van der Waals surface area contributed by atoms with Gasteiger partial charge >= 0.3 is 0 Å². The van der Waals surface area contributed by atoms with Gasteiger partial charge in [0.2, 0.25) is 5.89 Å². The molecule has 34 heavy (non-hydrogen) atoms. The molecular weight excluding hydrogens is 518 g/mol. The van der Waals surface area contributed by atoms with Crippen LogP contribution in [-0.2, 0) is 17.6 Å².